The van der Waals surface area contributed by atoms with Gasteiger partial charge in [-0.1, -0.05) is 48.0 Å². The summed E-state index contributed by atoms with van der Waals surface area (Å²) >= 11 is 6.52. The Balaban J connectivity index is 1.49. The summed E-state index contributed by atoms with van der Waals surface area (Å²) in [5, 5.41) is 12.0. The fraction of sp³-hybridized carbons (Fsp3) is 0.235. The van der Waals surface area contributed by atoms with Gasteiger partial charge in [0.15, 0.2) is 6.10 Å². The second kappa shape index (κ2) is 13.5. The van der Waals surface area contributed by atoms with Gasteiger partial charge in [-0.2, -0.15) is 5.26 Å². The Morgan fingerprint density at radius 2 is 1.71 bits per heavy atom. The molecule has 15 heteroatoms. The van der Waals surface area contributed by atoms with Crippen LogP contribution in [0.5, 0.6) is 5.75 Å². The van der Waals surface area contributed by atoms with Crippen molar-refractivity contribution in [3.63, 3.8) is 0 Å². The molecule has 0 bridgehead atoms. The first-order valence-electron chi connectivity index (χ1n) is 14.9. The molecule has 6 rings (SSSR count). The number of aromatic nitrogens is 2. The predicted octanol–water partition coefficient (Wildman–Crippen LogP) is 5.52. The summed E-state index contributed by atoms with van der Waals surface area (Å²) in [6, 6.07) is 15.1. The van der Waals surface area contributed by atoms with Crippen LogP contribution in [0.1, 0.15) is 36.6 Å². The van der Waals surface area contributed by atoms with E-state index < -0.39 is 78.0 Å². The molecule has 1 aromatic heterocycles. The number of ether oxygens (including phenoxy) is 1. The first-order valence-corrected chi connectivity index (χ1v) is 15.3. The van der Waals surface area contributed by atoms with Crippen LogP contribution in [0, 0.1) is 23.0 Å². The van der Waals surface area contributed by atoms with E-state index in [0.29, 0.717) is 6.07 Å². The largest absolute Gasteiger partial charge is 0.480 e. The Morgan fingerprint density at radius 3 is 2.37 bits per heavy atom. The number of carbonyl (C=O) groups is 3. The van der Waals surface area contributed by atoms with Crippen LogP contribution in [-0.4, -0.2) is 51.8 Å². The normalized spacial score (nSPS) is 19.0. The van der Waals surface area contributed by atoms with Crippen molar-refractivity contribution in [2.45, 2.75) is 49.4 Å². The zero-order valence-electron chi connectivity index (χ0n) is 25.3. The van der Waals surface area contributed by atoms with Gasteiger partial charge in [0.2, 0.25) is 11.9 Å². The minimum atomic E-state index is -3.00. The zero-order valence-corrected chi connectivity index (χ0v) is 26.0. The maximum absolute atomic E-state index is 14.9. The van der Waals surface area contributed by atoms with Crippen molar-refractivity contribution < 1.29 is 36.7 Å². The van der Waals surface area contributed by atoms with Crippen LogP contribution in [0.15, 0.2) is 85.1 Å². The maximum atomic E-state index is 14.9. The molecule has 3 atom stereocenters. The third kappa shape index (κ3) is 7.02. The average Bonchev–Trinajstić information content (AvgIpc) is 3.38. The highest BCUT2D eigenvalue weighted by Crippen LogP contribution is 2.40. The maximum Gasteiger partial charge on any atom is 0.271 e. The number of alkyl halides is 2. The third-order valence-electron chi connectivity index (χ3n) is 8.05. The van der Waals surface area contributed by atoms with E-state index >= 15 is 0 Å². The molecule has 10 nitrogen and oxygen atoms in total. The van der Waals surface area contributed by atoms with Gasteiger partial charge in [-0.05, 0) is 36.4 Å². The first kappa shape index (κ1) is 33.4. The number of carbonyl (C=O) groups excluding carboxylic acids is 3. The standard InChI is InChI=1S/C34H25ClF4N6O4/c35-26-9-5-4-8-25(26)29(30(46)42-22-16-34(38,39)17-22)44(23-13-19(36)12-20(37)14-23)31(47)27-15-28(49-24-6-2-1-3-7-24)32(48)45(27)33-41-11-10-21(18-40)43-33/h1-14,22,27-29H,15-17H2,(H,42,46)/t27-,28+,29+/m0/s1. The number of anilines is 2. The summed E-state index contributed by atoms with van der Waals surface area (Å²) in [5.74, 6) is -8.05. The van der Waals surface area contributed by atoms with E-state index in [-0.39, 0.29) is 34.4 Å². The molecular weight excluding hydrogens is 668 g/mol. The fourth-order valence-electron chi connectivity index (χ4n) is 5.84. The lowest BCUT2D eigenvalue weighted by Gasteiger charge is -2.39. The number of hydrogen-bond donors (Lipinski definition) is 1. The number of nitriles is 1. The van der Waals surface area contributed by atoms with Gasteiger partial charge in [0.1, 0.15) is 41.2 Å². The lowest BCUT2D eigenvalue weighted by molar-refractivity contribution is -0.133. The van der Waals surface area contributed by atoms with Gasteiger partial charge in [-0.3, -0.25) is 24.2 Å². The van der Waals surface area contributed by atoms with E-state index in [4.69, 9.17) is 16.3 Å². The second-order valence-corrected chi connectivity index (χ2v) is 11.9. The van der Waals surface area contributed by atoms with Crippen molar-refractivity contribution in [2.75, 3.05) is 9.80 Å². The summed E-state index contributed by atoms with van der Waals surface area (Å²) in [6.07, 6.45) is -1.78. The highest BCUT2D eigenvalue weighted by molar-refractivity contribution is 6.31. The van der Waals surface area contributed by atoms with Gasteiger partial charge in [0.05, 0.1) is 5.69 Å². The topological polar surface area (TPSA) is 129 Å². The smallest absolute Gasteiger partial charge is 0.271 e. The molecule has 1 N–H and O–H groups in total. The molecule has 49 heavy (non-hydrogen) atoms. The molecular formula is C34H25ClF4N6O4. The number of benzene rings is 3. The second-order valence-electron chi connectivity index (χ2n) is 11.5. The van der Waals surface area contributed by atoms with Crippen molar-refractivity contribution in [1.29, 1.82) is 5.26 Å². The Kier molecular flexibility index (Phi) is 9.20. The lowest BCUT2D eigenvalue weighted by Crippen LogP contribution is -2.56. The Hall–Kier alpha value is -5.55. The Bertz CT molecular complexity index is 1930. The molecule has 0 radical (unpaired) electrons. The SMILES string of the molecule is N#Cc1ccnc(N2C(=O)[C@H](Oc3ccccc3)C[C@H]2C(=O)N(c2cc(F)cc(F)c2)[C@@H](C(=O)NC2CC(F)(F)C2)c2ccccc2Cl)n1. The fourth-order valence-corrected chi connectivity index (χ4v) is 6.07. The van der Waals surface area contributed by atoms with Crippen LogP contribution in [0.2, 0.25) is 5.02 Å². The van der Waals surface area contributed by atoms with Gasteiger partial charge < -0.3 is 10.1 Å². The summed E-state index contributed by atoms with van der Waals surface area (Å²) in [6.45, 7) is 0. The van der Waals surface area contributed by atoms with Gasteiger partial charge >= 0.3 is 0 Å². The monoisotopic (exact) mass is 692 g/mol. The van der Waals surface area contributed by atoms with E-state index in [9.17, 15) is 37.2 Å². The molecule has 2 aliphatic rings. The van der Waals surface area contributed by atoms with Crippen LogP contribution in [0.3, 0.4) is 0 Å². The molecule has 4 aromatic rings. The number of rotatable bonds is 9. The summed E-state index contributed by atoms with van der Waals surface area (Å²) in [7, 11) is 0. The zero-order chi connectivity index (χ0) is 34.9. The highest BCUT2D eigenvalue weighted by atomic mass is 35.5. The van der Waals surface area contributed by atoms with Crippen molar-refractivity contribution in [3.05, 3.63) is 113 Å². The Morgan fingerprint density at radius 1 is 1.04 bits per heavy atom. The average molecular weight is 693 g/mol. The van der Waals surface area contributed by atoms with E-state index in [1.165, 1.54) is 30.5 Å². The van der Waals surface area contributed by atoms with E-state index in [2.05, 4.69) is 15.3 Å². The number of nitrogens with zero attached hydrogens (tertiary/aromatic N) is 5. The van der Waals surface area contributed by atoms with Crippen LogP contribution in [-0.2, 0) is 14.4 Å². The van der Waals surface area contributed by atoms with Gasteiger partial charge in [-0.15, -0.1) is 0 Å². The molecule has 2 heterocycles. The minimum absolute atomic E-state index is 0.00135. The summed E-state index contributed by atoms with van der Waals surface area (Å²) in [4.78, 5) is 52.8. The van der Waals surface area contributed by atoms with Gasteiger partial charge in [0.25, 0.3) is 17.7 Å². The van der Waals surface area contributed by atoms with Crippen LogP contribution >= 0.6 is 11.6 Å². The number of halogens is 5. The molecule has 0 spiro atoms. The van der Waals surface area contributed by atoms with Crippen LogP contribution in [0.25, 0.3) is 0 Å². The minimum Gasteiger partial charge on any atom is -0.480 e. The van der Waals surface area contributed by atoms with Gasteiger partial charge in [-0.25, -0.2) is 27.5 Å². The quantitative estimate of drug-likeness (QED) is 0.229. The number of amides is 3. The van der Waals surface area contributed by atoms with Crippen molar-refractivity contribution in [1.82, 2.24) is 15.3 Å². The Labute approximate surface area is 281 Å². The van der Waals surface area contributed by atoms with Crippen molar-refractivity contribution in [3.8, 4) is 11.8 Å². The first-order chi connectivity index (χ1) is 23.4. The van der Waals surface area contributed by atoms with Crippen molar-refractivity contribution in [2.24, 2.45) is 0 Å². The highest BCUT2D eigenvalue weighted by Gasteiger charge is 2.51. The van der Waals surface area contributed by atoms with E-state index in [0.717, 1.165) is 21.9 Å². The molecule has 250 valence electrons. The number of nitrogens with one attached hydrogen (secondary N) is 1. The summed E-state index contributed by atoms with van der Waals surface area (Å²) in [5.41, 5.74) is -0.569. The molecule has 0 unspecified atom stereocenters. The van der Waals surface area contributed by atoms with E-state index in [1.807, 2.05) is 6.07 Å². The van der Waals surface area contributed by atoms with Gasteiger partial charge in [0, 0.05) is 48.2 Å². The molecule has 3 amide bonds. The lowest BCUT2D eigenvalue weighted by atomic mass is 9.87. The van der Waals surface area contributed by atoms with Crippen LogP contribution in [0.4, 0.5) is 29.2 Å². The molecule has 1 aliphatic carbocycles. The molecule has 1 saturated carbocycles. The third-order valence-corrected chi connectivity index (χ3v) is 8.39. The summed E-state index contributed by atoms with van der Waals surface area (Å²) < 4.78 is 63.1. The van der Waals surface area contributed by atoms with E-state index in [1.54, 1.807) is 36.4 Å². The molecule has 1 saturated heterocycles. The molecule has 2 fully saturated rings. The van der Waals surface area contributed by atoms with Crippen molar-refractivity contribution >= 4 is 41.0 Å². The molecule has 3 aromatic carbocycles. The van der Waals surface area contributed by atoms with Crippen LogP contribution < -0.4 is 19.9 Å². The predicted molar refractivity (Wildman–Crippen MR) is 168 cm³/mol. The molecule has 1 aliphatic heterocycles. The number of hydrogen-bond acceptors (Lipinski definition) is 7. The number of para-hydroxylation sites is 1.